The van der Waals surface area contributed by atoms with Gasteiger partial charge in [0.1, 0.15) is 11.4 Å². The summed E-state index contributed by atoms with van der Waals surface area (Å²) in [7, 11) is 0. The fourth-order valence-corrected chi connectivity index (χ4v) is 2.47. The summed E-state index contributed by atoms with van der Waals surface area (Å²) < 4.78 is 5.23. The second kappa shape index (κ2) is 8.50. The van der Waals surface area contributed by atoms with Gasteiger partial charge in [0.05, 0.1) is 17.6 Å². The van der Waals surface area contributed by atoms with Gasteiger partial charge in [0.2, 0.25) is 5.91 Å². The Hall–Kier alpha value is -2.57. The molecular formula is C17H14Cl2N2O4. The normalized spacial score (nSPS) is 10.7. The number of carbonyl (C=O) groups is 1. The molecule has 0 aliphatic rings. The van der Waals surface area contributed by atoms with Crippen LogP contribution in [0.2, 0.25) is 10.0 Å². The van der Waals surface area contributed by atoms with E-state index in [4.69, 9.17) is 27.9 Å². The number of nitrogens with one attached hydrogen (secondary N) is 1. The van der Waals surface area contributed by atoms with Crippen LogP contribution in [0.25, 0.3) is 6.08 Å². The highest BCUT2D eigenvalue weighted by Gasteiger charge is 2.16. The van der Waals surface area contributed by atoms with E-state index >= 15 is 0 Å². The van der Waals surface area contributed by atoms with Crippen LogP contribution in [0.5, 0.6) is 5.75 Å². The molecule has 1 amide bonds. The summed E-state index contributed by atoms with van der Waals surface area (Å²) in [6, 6.07) is 9.09. The molecule has 0 atom stereocenters. The lowest BCUT2D eigenvalue weighted by atomic mass is 10.2. The summed E-state index contributed by atoms with van der Waals surface area (Å²) in [6.07, 6.45) is 2.73. The highest BCUT2D eigenvalue weighted by Crippen LogP contribution is 2.29. The van der Waals surface area contributed by atoms with Gasteiger partial charge in [0.25, 0.3) is 5.69 Å². The monoisotopic (exact) mass is 380 g/mol. The summed E-state index contributed by atoms with van der Waals surface area (Å²) in [4.78, 5) is 22.6. The van der Waals surface area contributed by atoms with Crippen LogP contribution in [0.3, 0.4) is 0 Å². The molecule has 0 radical (unpaired) electrons. The molecule has 2 rings (SSSR count). The number of nitrogens with zero attached hydrogens (tertiary/aromatic N) is 1. The molecule has 2 aromatic rings. The largest absolute Gasteiger partial charge is 0.494 e. The van der Waals surface area contributed by atoms with E-state index < -0.39 is 10.8 Å². The lowest BCUT2D eigenvalue weighted by Crippen LogP contribution is -2.09. The van der Waals surface area contributed by atoms with Crippen molar-refractivity contribution >= 4 is 46.6 Å². The molecule has 0 aliphatic heterocycles. The smallest absolute Gasteiger partial charge is 0.296 e. The molecule has 130 valence electrons. The van der Waals surface area contributed by atoms with E-state index in [1.165, 1.54) is 24.3 Å². The third-order valence-electron chi connectivity index (χ3n) is 3.11. The van der Waals surface area contributed by atoms with E-state index in [9.17, 15) is 14.9 Å². The van der Waals surface area contributed by atoms with Crippen LogP contribution in [0, 0.1) is 10.1 Å². The summed E-state index contributed by atoms with van der Waals surface area (Å²) in [5, 5.41) is 14.5. The molecule has 1 N–H and O–H groups in total. The maximum Gasteiger partial charge on any atom is 0.296 e. The lowest BCUT2D eigenvalue weighted by molar-refractivity contribution is -0.384. The SMILES string of the molecule is CCOc1ccc(NC(=O)/C=C/c2ccc(Cl)cc2Cl)c([N+](=O)[O-])c1. The van der Waals surface area contributed by atoms with Crippen molar-refractivity contribution in [1.82, 2.24) is 0 Å². The highest BCUT2D eigenvalue weighted by atomic mass is 35.5. The Labute approximate surface area is 154 Å². The summed E-state index contributed by atoms with van der Waals surface area (Å²) in [5.74, 6) is -0.172. The molecular weight excluding hydrogens is 367 g/mol. The van der Waals surface area contributed by atoms with Gasteiger partial charge in [-0.2, -0.15) is 0 Å². The van der Waals surface area contributed by atoms with Gasteiger partial charge >= 0.3 is 0 Å². The van der Waals surface area contributed by atoms with E-state index in [1.54, 1.807) is 31.2 Å². The number of hydrogen-bond donors (Lipinski definition) is 1. The van der Waals surface area contributed by atoms with Gasteiger partial charge < -0.3 is 10.1 Å². The summed E-state index contributed by atoms with van der Waals surface area (Å²) in [6.45, 7) is 2.15. The number of ether oxygens (including phenoxy) is 1. The van der Waals surface area contributed by atoms with Gasteiger partial charge in [0, 0.05) is 16.1 Å². The van der Waals surface area contributed by atoms with Crippen molar-refractivity contribution in [3.05, 3.63) is 68.2 Å². The van der Waals surface area contributed by atoms with E-state index in [0.717, 1.165) is 0 Å². The van der Waals surface area contributed by atoms with Crippen molar-refractivity contribution in [1.29, 1.82) is 0 Å². The number of nitro groups is 1. The van der Waals surface area contributed by atoms with Crippen LogP contribution in [0.15, 0.2) is 42.5 Å². The van der Waals surface area contributed by atoms with Crippen LogP contribution in [0.1, 0.15) is 12.5 Å². The maximum absolute atomic E-state index is 12.0. The average Bonchev–Trinajstić information content (AvgIpc) is 2.55. The van der Waals surface area contributed by atoms with E-state index in [0.29, 0.717) is 28.0 Å². The van der Waals surface area contributed by atoms with Gasteiger partial charge in [-0.1, -0.05) is 29.3 Å². The minimum absolute atomic E-state index is 0.0744. The third-order valence-corrected chi connectivity index (χ3v) is 3.67. The van der Waals surface area contributed by atoms with Crippen LogP contribution < -0.4 is 10.1 Å². The number of carbonyl (C=O) groups excluding carboxylic acids is 1. The average molecular weight is 381 g/mol. The predicted octanol–water partition coefficient (Wildman–Crippen LogP) is 4.95. The van der Waals surface area contributed by atoms with Crippen molar-refractivity contribution in [3.63, 3.8) is 0 Å². The Bertz CT molecular complexity index is 837. The molecule has 0 saturated carbocycles. The Balaban J connectivity index is 2.17. The number of hydrogen-bond acceptors (Lipinski definition) is 4. The molecule has 8 heteroatoms. The molecule has 6 nitrogen and oxygen atoms in total. The molecule has 25 heavy (non-hydrogen) atoms. The summed E-state index contributed by atoms with van der Waals surface area (Å²) >= 11 is 11.8. The molecule has 0 aromatic heterocycles. The van der Waals surface area contributed by atoms with Crippen molar-refractivity contribution in [2.24, 2.45) is 0 Å². The Kier molecular flexibility index (Phi) is 6.38. The van der Waals surface area contributed by atoms with Crippen molar-refractivity contribution in [2.75, 3.05) is 11.9 Å². The summed E-state index contributed by atoms with van der Waals surface area (Å²) in [5.41, 5.74) is 0.421. The number of anilines is 1. The van der Waals surface area contributed by atoms with Gasteiger partial charge in [-0.3, -0.25) is 14.9 Å². The Morgan fingerprint density at radius 1 is 1.28 bits per heavy atom. The number of halogens is 2. The van der Waals surface area contributed by atoms with E-state index in [2.05, 4.69) is 5.32 Å². The number of amides is 1. The fourth-order valence-electron chi connectivity index (χ4n) is 2.00. The predicted molar refractivity (Wildman–Crippen MR) is 98.4 cm³/mol. The van der Waals surface area contributed by atoms with Crippen LogP contribution in [-0.4, -0.2) is 17.4 Å². The van der Waals surface area contributed by atoms with Gasteiger partial charge in [0.15, 0.2) is 0 Å². The second-order valence-corrected chi connectivity index (χ2v) is 5.70. The Morgan fingerprint density at radius 3 is 2.68 bits per heavy atom. The lowest BCUT2D eigenvalue weighted by Gasteiger charge is -2.07. The van der Waals surface area contributed by atoms with E-state index in [1.807, 2.05) is 0 Å². The van der Waals surface area contributed by atoms with Gasteiger partial charge in [-0.25, -0.2) is 0 Å². The topological polar surface area (TPSA) is 81.5 Å². The molecule has 0 aliphatic carbocycles. The minimum atomic E-state index is -0.585. The van der Waals surface area contributed by atoms with Crippen molar-refractivity contribution in [3.8, 4) is 5.75 Å². The first kappa shape index (κ1) is 18.8. The molecule has 0 heterocycles. The van der Waals surface area contributed by atoms with Crippen molar-refractivity contribution < 1.29 is 14.5 Å². The maximum atomic E-state index is 12.0. The zero-order valence-electron chi connectivity index (χ0n) is 13.2. The zero-order valence-corrected chi connectivity index (χ0v) is 14.7. The number of rotatable bonds is 6. The molecule has 0 fully saturated rings. The van der Waals surface area contributed by atoms with Gasteiger partial charge in [-0.15, -0.1) is 0 Å². The van der Waals surface area contributed by atoms with Crippen LogP contribution in [0.4, 0.5) is 11.4 Å². The molecule has 0 bridgehead atoms. The highest BCUT2D eigenvalue weighted by molar-refractivity contribution is 6.35. The molecule has 0 saturated heterocycles. The van der Waals surface area contributed by atoms with Crippen LogP contribution >= 0.6 is 23.2 Å². The first-order valence-corrected chi connectivity index (χ1v) is 8.01. The fraction of sp³-hybridized carbons (Fsp3) is 0.118. The van der Waals surface area contributed by atoms with Gasteiger partial charge in [-0.05, 0) is 42.8 Å². The standard InChI is InChI=1S/C17H14Cl2N2O4/c1-2-25-13-6-7-15(16(10-13)21(23)24)20-17(22)8-4-11-3-5-12(18)9-14(11)19/h3-10H,2H2,1H3,(H,20,22)/b8-4+. The molecule has 0 spiro atoms. The first-order valence-electron chi connectivity index (χ1n) is 7.26. The minimum Gasteiger partial charge on any atom is -0.494 e. The zero-order chi connectivity index (χ0) is 18.4. The number of benzene rings is 2. The quantitative estimate of drug-likeness (QED) is 0.436. The second-order valence-electron chi connectivity index (χ2n) is 4.86. The molecule has 0 unspecified atom stereocenters. The first-order chi connectivity index (χ1) is 11.9. The number of nitro benzene ring substituents is 1. The third kappa shape index (κ3) is 5.20. The van der Waals surface area contributed by atoms with Crippen LogP contribution in [-0.2, 0) is 4.79 Å². The van der Waals surface area contributed by atoms with E-state index in [-0.39, 0.29) is 11.4 Å². The van der Waals surface area contributed by atoms with Crippen molar-refractivity contribution in [2.45, 2.75) is 6.92 Å². The Morgan fingerprint density at radius 2 is 2.04 bits per heavy atom. The molecule has 2 aromatic carbocycles.